The molecule has 0 amide bonds. The number of carboxylic acid groups (broad SMARTS) is 1. The fourth-order valence-corrected chi connectivity index (χ4v) is 0.820. The molecule has 0 bridgehead atoms. The Bertz CT molecular complexity index is 312. The number of nitrogens with zero attached hydrogens (tertiary/aromatic N) is 1. The van der Waals surface area contributed by atoms with Gasteiger partial charge in [-0.15, -0.1) is 0 Å². The normalized spacial score (nSPS) is 12.5. The van der Waals surface area contributed by atoms with E-state index in [1.807, 2.05) is 13.0 Å². The van der Waals surface area contributed by atoms with Crippen LogP contribution in [0.25, 0.3) is 0 Å². The molecule has 0 fully saturated rings. The Kier molecular flexibility index (Phi) is 6.89. The predicted molar refractivity (Wildman–Crippen MR) is 63.1 cm³/mol. The van der Waals surface area contributed by atoms with Crippen molar-refractivity contribution in [2.75, 3.05) is 0 Å². The van der Waals surface area contributed by atoms with Crippen molar-refractivity contribution < 1.29 is 9.90 Å². The van der Waals surface area contributed by atoms with Gasteiger partial charge in [-0.25, -0.2) is 4.79 Å². The van der Waals surface area contributed by atoms with Gasteiger partial charge >= 0.3 is 5.97 Å². The van der Waals surface area contributed by atoms with Crippen molar-refractivity contribution in [2.24, 2.45) is 4.99 Å². The van der Waals surface area contributed by atoms with E-state index in [9.17, 15) is 4.79 Å². The molecule has 0 aromatic heterocycles. The summed E-state index contributed by atoms with van der Waals surface area (Å²) in [6.07, 6.45) is 8.22. The smallest absolute Gasteiger partial charge is 0.335 e. The highest BCUT2D eigenvalue weighted by molar-refractivity contribution is 5.94. The lowest BCUT2D eigenvalue weighted by molar-refractivity contribution is -0.132. The number of unbranched alkanes of at least 4 members (excludes halogenated alkanes) is 1. The second-order valence-corrected chi connectivity index (χ2v) is 3.13. The Hall–Kier alpha value is -1.64. The minimum Gasteiger partial charge on any atom is -0.478 e. The van der Waals surface area contributed by atoms with Crippen LogP contribution in [0.5, 0.6) is 0 Å². The SMILES string of the molecule is C=C(C)N=CC=C(/C=C/CCC)C(=O)O. The van der Waals surface area contributed by atoms with Crippen LogP contribution in [0, 0.1) is 0 Å². The van der Waals surface area contributed by atoms with E-state index in [4.69, 9.17) is 5.11 Å². The van der Waals surface area contributed by atoms with Crippen LogP contribution in [0.4, 0.5) is 0 Å². The van der Waals surface area contributed by atoms with Gasteiger partial charge < -0.3 is 5.11 Å². The van der Waals surface area contributed by atoms with Gasteiger partial charge in [0.15, 0.2) is 0 Å². The summed E-state index contributed by atoms with van der Waals surface area (Å²) >= 11 is 0. The fraction of sp³-hybridized carbons (Fsp3) is 0.333. The molecule has 0 heterocycles. The van der Waals surface area contributed by atoms with Crippen LogP contribution >= 0.6 is 0 Å². The molecule has 3 heteroatoms. The predicted octanol–water partition coefficient (Wildman–Crippen LogP) is 2.96. The molecule has 0 rings (SSSR count). The van der Waals surface area contributed by atoms with Gasteiger partial charge in [-0.3, -0.25) is 4.99 Å². The van der Waals surface area contributed by atoms with E-state index >= 15 is 0 Å². The first-order valence-corrected chi connectivity index (χ1v) is 4.87. The standard InChI is InChI=1S/C12H17NO2/c1-4-5-6-7-11(12(14)15)8-9-13-10(2)3/h6-9H,2,4-5H2,1,3H3,(H,14,15)/b7-6+,11-8?,13-9?. The lowest BCUT2D eigenvalue weighted by Gasteiger charge is -1.92. The number of carboxylic acids is 1. The average Bonchev–Trinajstić information content (AvgIpc) is 2.15. The minimum atomic E-state index is -0.949. The van der Waals surface area contributed by atoms with Crippen molar-refractivity contribution in [3.05, 3.63) is 36.1 Å². The van der Waals surface area contributed by atoms with E-state index < -0.39 is 5.97 Å². The zero-order chi connectivity index (χ0) is 11.7. The number of hydrogen-bond donors (Lipinski definition) is 1. The summed E-state index contributed by atoms with van der Waals surface area (Å²) in [5.74, 6) is -0.949. The van der Waals surface area contributed by atoms with Gasteiger partial charge in [-0.1, -0.05) is 32.1 Å². The largest absolute Gasteiger partial charge is 0.478 e. The molecule has 0 aromatic carbocycles. The van der Waals surface area contributed by atoms with Gasteiger partial charge in [-0.2, -0.15) is 0 Å². The molecule has 0 saturated carbocycles. The Morgan fingerprint density at radius 1 is 1.53 bits per heavy atom. The van der Waals surface area contributed by atoms with Crippen LogP contribution in [-0.2, 0) is 4.79 Å². The van der Waals surface area contributed by atoms with E-state index in [2.05, 4.69) is 11.6 Å². The van der Waals surface area contributed by atoms with Gasteiger partial charge in [0.1, 0.15) is 0 Å². The van der Waals surface area contributed by atoms with E-state index in [0.29, 0.717) is 5.70 Å². The van der Waals surface area contributed by atoms with E-state index in [1.165, 1.54) is 12.3 Å². The van der Waals surface area contributed by atoms with Crippen molar-refractivity contribution >= 4 is 12.2 Å². The molecule has 0 aliphatic heterocycles. The van der Waals surface area contributed by atoms with Crippen molar-refractivity contribution in [3.8, 4) is 0 Å². The zero-order valence-electron chi connectivity index (χ0n) is 9.23. The summed E-state index contributed by atoms with van der Waals surface area (Å²) in [6, 6.07) is 0. The Labute approximate surface area is 90.5 Å². The summed E-state index contributed by atoms with van der Waals surface area (Å²) in [7, 11) is 0. The molecule has 0 unspecified atom stereocenters. The first-order valence-electron chi connectivity index (χ1n) is 4.87. The van der Waals surface area contributed by atoms with Gasteiger partial charge in [0, 0.05) is 11.9 Å². The minimum absolute atomic E-state index is 0.230. The number of aliphatic carboxylic acids is 1. The Morgan fingerprint density at radius 2 is 2.20 bits per heavy atom. The van der Waals surface area contributed by atoms with Gasteiger partial charge in [0.05, 0.1) is 5.57 Å². The van der Waals surface area contributed by atoms with Crippen molar-refractivity contribution in [3.63, 3.8) is 0 Å². The summed E-state index contributed by atoms with van der Waals surface area (Å²) in [4.78, 5) is 14.6. The second kappa shape index (κ2) is 7.74. The number of aliphatic imine (C=N–C) groups is 1. The molecule has 0 aliphatic carbocycles. The molecule has 82 valence electrons. The highest BCUT2D eigenvalue weighted by Gasteiger charge is 2.00. The van der Waals surface area contributed by atoms with Crippen LogP contribution < -0.4 is 0 Å². The van der Waals surface area contributed by atoms with E-state index in [0.717, 1.165) is 12.8 Å². The van der Waals surface area contributed by atoms with Crippen LogP contribution in [0.1, 0.15) is 26.7 Å². The third-order valence-corrected chi connectivity index (χ3v) is 1.55. The van der Waals surface area contributed by atoms with Crippen molar-refractivity contribution in [1.82, 2.24) is 0 Å². The molecule has 0 atom stereocenters. The Balaban J connectivity index is 4.52. The highest BCUT2D eigenvalue weighted by Crippen LogP contribution is 1.99. The summed E-state index contributed by atoms with van der Waals surface area (Å²) in [5.41, 5.74) is 0.877. The molecule has 0 saturated heterocycles. The maximum absolute atomic E-state index is 10.8. The lowest BCUT2D eigenvalue weighted by atomic mass is 10.2. The molecule has 15 heavy (non-hydrogen) atoms. The quantitative estimate of drug-likeness (QED) is 0.413. The Morgan fingerprint density at radius 3 is 2.67 bits per heavy atom. The number of allylic oxidation sites excluding steroid dienone is 3. The van der Waals surface area contributed by atoms with E-state index in [1.54, 1.807) is 13.0 Å². The summed E-state index contributed by atoms with van der Waals surface area (Å²) < 4.78 is 0. The summed E-state index contributed by atoms with van der Waals surface area (Å²) in [5, 5.41) is 8.83. The maximum Gasteiger partial charge on any atom is 0.335 e. The molecule has 0 aliphatic rings. The van der Waals surface area contributed by atoms with Crippen LogP contribution in [0.15, 0.2) is 41.1 Å². The first kappa shape index (κ1) is 13.4. The van der Waals surface area contributed by atoms with Crippen LogP contribution in [0.3, 0.4) is 0 Å². The molecular formula is C12H17NO2. The zero-order valence-corrected chi connectivity index (χ0v) is 9.23. The van der Waals surface area contributed by atoms with Crippen LogP contribution in [0.2, 0.25) is 0 Å². The molecule has 3 nitrogen and oxygen atoms in total. The molecule has 0 radical (unpaired) electrons. The fourth-order valence-electron chi connectivity index (χ4n) is 0.820. The molecule has 0 aromatic rings. The number of carbonyl (C=O) groups is 1. The maximum atomic E-state index is 10.8. The van der Waals surface area contributed by atoms with E-state index in [-0.39, 0.29) is 5.57 Å². The average molecular weight is 207 g/mol. The molecule has 0 spiro atoms. The topological polar surface area (TPSA) is 49.7 Å². The van der Waals surface area contributed by atoms with Gasteiger partial charge in [0.2, 0.25) is 0 Å². The van der Waals surface area contributed by atoms with Crippen molar-refractivity contribution in [2.45, 2.75) is 26.7 Å². The second-order valence-electron chi connectivity index (χ2n) is 3.13. The molecule has 1 N–H and O–H groups in total. The van der Waals surface area contributed by atoms with Gasteiger partial charge in [-0.05, 0) is 19.4 Å². The van der Waals surface area contributed by atoms with Crippen molar-refractivity contribution in [1.29, 1.82) is 0 Å². The highest BCUT2D eigenvalue weighted by atomic mass is 16.4. The third kappa shape index (κ3) is 7.43. The lowest BCUT2D eigenvalue weighted by Crippen LogP contribution is -1.97. The number of hydrogen-bond acceptors (Lipinski definition) is 2. The molecular weight excluding hydrogens is 190 g/mol. The monoisotopic (exact) mass is 207 g/mol. The summed E-state index contributed by atoms with van der Waals surface area (Å²) in [6.45, 7) is 7.37. The third-order valence-electron chi connectivity index (χ3n) is 1.55. The van der Waals surface area contributed by atoms with Crippen LogP contribution in [-0.4, -0.2) is 17.3 Å². The van der Waals surface area contributed by atoms with Gasteiger partial charge in [0.25, 0.3) is 0 Å². The number of rotatable bonds is 6. The first-order chi connectivity index (χ1) is 7.07.